The number of phenols is 1. The minimum Gasteiger partial charge on any atom is -0.506 e. The molecule has 0 atom stereocenters. The number of carbonyl (C=O) groups is 2. The summed E-state index contributed by atoms with van der Waals surface area (Å²) >= 11 is 6.70. The molecule has 1 amide bonds. The van der Waals surface area contributed by atoms with Crippen LogP contribution < -0.4 is 4.90 Å². The standard InChI is InChI=1S/C13H11ClN2O4S/c1-6-10(13(19)20)12(21-15-6)16(2)11(18)7-3-4-9(17)8(14)5-7/h3-5,17H,1-2H3,(H,19,20). The largest absolute Gasteiger partial charge is 0.506 e. The van der Waals surface area contributed by atoms with Gasteiger partial charge in [-0.15, -0.1) is 0 Å². The van der Waals surface area contributed by atoms with E-state index in [1.54, 1.807) is 6.92 Å². The highest BCUT2D eigenvalue weighted by Gasteiger charge is 2.24. The zero-order chi connectivity index (χ0) is 15.7. The number of nitrogens with zero attached hydrogens (tertiary/aromatic N) is 2. The van der Waals surface area contributed by atoms with Crippen LogP contribution in [0.5, 0.6) is 5.75 Å². The fourth-order valence-corrected chi connectivity index (χ4v) is 2.79. The van der Waals surface area contributed by atoms with Gasteiger partial charge < -0.3 is 15.1 Å². The maximum Gasteiger partial charge on any atom is 0.340 e. The molecule has 2 N–H and O–H groups in total. The molecule has 0 aliphatic carbocycles. The van der Waals surface area contributed by atoms with E-state index in [1.807, 2.05) is 0 Å². The number of amides is 1. The van der Waals surface area contributed by atoms with E-state index in [2.05, 4.69) is 4.37 Å². The van der Waals surface area contributed by atoms with Crippen molar-refractivity contribution in [3.05, 3.63) is 40.0 Å². The Morgan fingerprint density at radius 3 is 2.62 bits per heavy atom. The second-order valence-corrected chi connectivity index (χ2v) is 5.44. The van der Waals surface area contributed by atoms with E-state index in [9.17, 15) is 19.8 Å². The van der Waals surface area contributed by atoms with Crippen molar-refractivity contribution >= 4 is 40.0 Å². The molecule has 0 fully saturated rings. The molecule has 0 bridgehead atoms. The molecule has 6 nitrogen and oxygen atoms in total. The third-order valence-electron chi connectivity index (χ3n) is 2.86. The Labute approximate surface area is 129 Å². The first-order valence-electron chi connectivity index (χ1n) is 5.79. The predicted molar refractivity (Wildman–Crippen MR) is 79.7 cm³/mol. The van der Waals surface area contributed by atoms with Crippen molar-refractivity contribution in [2.45, 2.75) is 6.92 Å². The average molecular weight is 327 g/mol. The van der Waals surface area contributed by atoms with Crippen molar-refractivity contribution in [2.24, 2.45) is 0 Å². The fourth-order valence-electron chi connectivity index (χ4n) is 1.76. The van der Waals surface area contributed by atoms with E-state index in [1.165, 1.54) is 30.1 Å². The van der Waals surface area contributed by atoms with Crippen LogP contribution in [0.4, 0.5) is 5.00 Å². The fraction of sp³-hybridized carbons (Fsp3) is 0.154. The lowest BCUT2D eigenvalue weighted by Crippen LogP contribution is -2.27. The molecule has 2 rings (SSSR count). The first-order chi connectivity index (χ1) is 9.82. The number of aromatic carboxylic acids is 1. The van der Waals surface area contributed by atoms with Gasteiger partial charge in [-0.05, 0) is 36.7 Å². The first-order valence-corrected chi connectivity index (χ1v) is 6.94. The molecule has 1 aromatic heterocycles. The van der Waals surface area contributed by atoms with Gasteiger partial charge in [-0.25, -0.2) is 4.79 Å². The summed E-state index contributed by atoms with van der Waals surface area (Å²) in [6, 6.07) is 4.04. The number of hydrogen-bond donors (Lipinski definition) is 2. The summed E-state index contributed by atoms with van der Waals surface area (Å²) in [4.78, 5) is 24.8. The van der Waals surface area contributed by atoms with Gasteiger partial charge >= 0.3 is 5.97 Å². The number of anilines is 1. The Kier molecular flexibility index (Phi) is 4.15. The number of carboxylic acids is 1. The molecule has 0 unspecified atom stereocenters. The zero-order valence-corrected chi connectivity index (χ0v) is 12.7. The SMILES string of the molecule is Cc1nsc(N(C)C(=O)c2ccc(O)c(Cl)c2)c1C(=O)O. The molecule has 0 saturated heterocycles. The summed E-state index contributed by atoms with van der Waals surface area (Å²) in [6.07, 6.45) is 0. The van der Waals surface area contributed by atoms with Gasteiger partial charge in [0.1, 0.15) is 16.3 Å². The van der Waals surface area contributed by atoms with Crippen molar-refractivity contribution in [3.63, 3.8) is 0 Å². The third kappa shape index (κ3) is 2.84. The number of aryl methyl sites for hydroxylation is 1. The second kappa shape index (κ2) is 5.71. The Bertz CT molecular complexity index is 729. The lowest BCUT2D eigenvalue weighted by atomic mass is 10.2. The number of aromatic nitrogens is 1. The van der Waals surface area contributed by atoms with Gasteiger partial charge in [0.05, 0.1) is 10.7 Å². The molecule has 0 aliphatic rings. The van der Waals surface area contributed by atoms with Gasteiger partial charge in [-0.2, -0.15) is 4.37 Å². The third-order valence-corrected chi connectivity index (χ3v) is 4.18. The minimum absolute atomic E-state index is 0.000672. The van der Waals surface area contributed by atoms with Gasteiger partial charge in [0, 0.05) is 12.6 Å². The van der Waals surface area contributed by atoms with E-state index in [-0.39, 0.29) is 26.9 Å². The van der Waals surface area contributed by atoms with Crippen LogP contribution in [0.3, 0.4) is 0 Å². The number of hydrogen-bond acceptors (Lipinski definition) is 5. The molecule has 0 spiro atoms. The Balaban J connectivity index is 2.40. The molecule has 8 heteroatoms. The molecule has 0 aliphatic heterocycles. The summed E-state index contributed by atoms with van der Waals surface area (Å²) in [5.74, 6) is -1.71. The molecule has 110 valence electrons. The summed E-state index contributed by atoms with van der Waals surface area (Å²) in [7, 11) is 1.46. The van der Waals surface area contributed by atoms with Gasteiger partial charge in [-0.1, -0.05) is 11.6 Å². The smallest absolute Gasteiger partial charge is 0.340 e. The number of rotatable bonds is 3. The van der Waals surface area contributed by atoms with Crippen LogP contribution in [0, 0.1) is 6.92 Å². The number of benzene rings is 1. The first kappa shape index (κ1) is 15.3. The molecular weight excluding hydrogens is 316 g/mol. The number of phenolic OH excluding ortho intramolecular Hbond substituents is 1. The molecule has 0 radical (unpaired) electrons. The average Bonchev–Trinajstić information content (AvgIpc) is 2.82. The van der Waals surface area contributed by atoms with Crippen LogP contribution >= 0.6 is 23.1 Å². The topological polar surface area (TPSA) is 90.7 Å². The lowest BCUT2D eigenvalue weighted by Gasteiger charge is -2.16. The number of carbonyl (C=O) groups excluding carboxylic acids is 1. The monoisotopic (exact) mass is 326 g/mol. The van der Waals surface area contributed by atoms with Crippen molar-refractivity contribution in [2.75, 3.05) is 11.9 Å². The van der Waals surface area contributed by atoms with Crippen LogP contribution in [0.2, 0.25) is 5.02 Å². The van der Waals surface area contributed by atoms with E-state index >= 15 is 0 Å². The molecule has 1 aromatic carbocycles. The predicted octanol–water partition coefficient (Wildman–Crippen LogP) is 2.79. The Morgan fingerprint density at radius 2 is 2.05 bits per heavy atom. The maximum atomic E-state index is 12.4. The molecular formula is C13H11ClN2O4S. The minimum atomic E-state index is -1.14. The van der Waals surface area contributed by atoms with Gasteiger partial charge in [0.15, 0.2) is 0 Å². The van der Waals surface area contributed by atoms with Gasteiger partial charge in [0.25, 0.3) is 5.91 Å². The van der Waals surface area contributed by atoms with E-state index < -0.39 is 11.9 Å². The summed E-state index contributed by atoms with van der Waals surface area (Å²) in [5, 5.41) is 18.8. The van der Waals surface area contributed by atoms with Crippen molar-refractivity contribution in [1.29, 1.82) is 0 Å². The van der Waals surface area contributed by atoms with Crippen LogP contribution in [0.25, 0.3) is 0 Å². The number of carboxylic acid groups (broad SMARTS) is 1. The van der Waals surface area contributed by atoms with Crippen LogP contribution in [-0.2, 0) is 0 Å². The second-order valence-electron chi connectivity index (χ2n) is 4.28. The Morgan fingerprint density at radius 1 is 1.38 bits per heavy atom. The number of halogens is 1. The van der Waals surface area contributed by atoms with Crippen molar-refractivity contribution < 1.29 is 19.8 Å². The zero-order valence-electron chi connectivity index (χ0n) is 11.1. The van der Waals surface area contributed by atoms with E-state index in [0.29, 0.717) is 5.69 Å². The van der Waals surface area contributed by atoms with Crippen molar-refractivity contribution in [3.8, 4) is 5.75 Å². The summed E-state index contributed by atoms with van der Waals surface area (Å²) in [5.41, 5.74) is 0.592. The summed E-state index contributed by atoms with van der Waals surface area (Å²) < 4.78 is 3.97. The van der Waals surface area contributed by atoms with Crippen LogP contribution in [0.1, 0.15) is 26.4 Å². The summed E-state index contributed by atoms with van der Waals surface area (Å²) in [6.45, 7) is 1.57. The highest BCUT2D eigenvalue weighted by atomic mass is 35.5. The van der Waals surface area contributed by atoms with Gasteiger partial charge in [-0.3, -0.25) is 4.79 Å². The lowest BCUT2D eigenvalue weighted by molar-refractivity contribution is 0.0697. The molecule has 0 saturated carbocycles. The van der Waals surface area contributed by atoms with Gasteiger partial charge in [0.2, 0.25) is 0 Å². The molecule has 1 heterocycles. The van der Waals surface area contributed by atoms with Crippen LogP contribution in [0.15, 0.2) is 18.2 Å². The van der Waals surface area contributed by atoms with E-state index in [0.717, 1.165) is 11.5 Å². The van der Waals surface area contributed by atoms with E-state index in [4.69, 9.17) is 11.6 Å². The highest BCUT2D eigenvalue weighted by molar-refractivity contribution is 7.11. The number of aromatic hydroxyl groups is 1. The molecule has 2 aromatic rings. The molecule has 21 heavy (non-hydrogen) atoms. The highest BCUT2D eigenvalue weighted by Crippen LogP contribution is 2.30. The normalized spacial score (nSPS) is 10.4. The quantitative estimate of drug-likeness (QED) is 0.905. The Hall–Kier alpha value is -2.12. The van der Waals surface area contributed by atoms with Crippen molar-refractivity contribution in [1.82, 2.24) is 4.37 Å². The van der Waals surface area contributed by atoms with Crippen LogP contribution in [-0.4, -0.2) is 33.5 Å². The maximum absolute atomic E-state index is 12.4.